The molecule has 3 heteroatoms. The molecule has 0 aliphatic carbocycles. The Hall–Kier alpha value is -2.94. The van der Waals surface area contributed by atoms with Gasteiger partial charge in [-0.05, 0) is 34.7 Å². The molecular formula is C22H22N2O. The van der Waals surface area contributed by atoms with Gasteiger partial charge in [0.1, 0.15) is 0 Å². The van der Waals surface area contributed by atoms with Crippen molar-refractivity contribution in [2.24, 2.45) is 0 Å². The van der Waals surface area contributed by atoms with Crippen LogP contribution in [0.5, 0.6) is 0 Å². The van der Waals surface area contributed by atoms with Crippen molar-refractivity contribution in [3.05, 3.63) is 102 Å². The van der Waals surface area contributed by atoms with E-state index in [4.69, 9.17) is 0 Å². The van der Waals surface area contributed by atoms with Crippen LogP contribution in [0, 0.1) is 0 Å². The smallest absolute Gasteiger partial charge is 0.221 e. The summed E-state index contributed by atoms with van der Waals surface area (Å²) in [4.78, 5) is 16.7. The Balaban J connectivity index is 1.75. The largest absolute Gasteiger partial charge is 0.345 e. The maximum Gasteiger partial charge on any atom is 0.221 e. The summed E-state index contributed by atoms with van der Waals surface area (Å²) in [7, 11) is 0. The number of pyridine rings is 1. The first kappa shape index (κ1) is 16.9. The Kier molecular flexibility index (Phi) is 5.57. The maximum atomic E-state index is 12.7. The summed E-state index contributed by atoms with van der Waals surface area (Å²) >= 11 is 0. The van der Waals surface area contributed by atoms with Crippen molar-refractivity contribution in [3.63, 3.8) is 0 Å². The van der Waals surface area contributed by atoms with Crippen LogP contribution in [0.3, 0.4) is 0 Å². The van der Waals surface area contributed by atoms with Crippen LogP contribution >= 0.6 is 0 Å². The number of nitrogens with one attached hydrogen (secondary N) is 1. The molecule has 25 heavy (non-hydrogen) atoms. The standard InChI is InChI=1S/C22H22N2O/c1-17(18-8-4-2-5-9-18)16-21(25)24-22(19-10-6-3-7-11-19)20-12-14-23-15-13-20/h2-15,17,22H,16H2,1H3,(H,24,25). The van der Waals surface area contributed by atoms with Gasteiger partial charge in [0.15, 0.2) is 0 Å². The quantitative estimate of drug-likeness (QED) is 0.724. The van der Waals surface area contributed by atoms with E-state index in [9.17, 15) is 4.79 Å². The second-order valence-electron chi connectivity index (χ2n) is 6.21. The van der Waals surface area contributed by atoms with Crippen LogP contribution in [0.15, 0.2) is 85.2 Å². The first-order valence-electron chi connectivity index (χ1n) is 8.53. The summed E-state index contributed by atoms with van der Waals surface area (Å²) in [6, 6.07) is 23.9. The molecule has 0 saturated heterocycles. The number of aromatic nitrogens is 1. The van der Waals surface area contributed by atoms with Crippen molar-refractivity contribution in [2.45, 2.75) is 25.3 Å². The van der Waals surface area contributed by atoms with E-state index in [1.807, 2.05) is 60.7 Å². The lowest BCUT2D eigenvalue weighted by Crippen LogP contribution is -2.30. The molecule has 1 amide bonds. The summed E-state index contributed by atoms with van der Waals surface area (Å²) in [5, 5.41) is 3.18. The SMILES string of the molecule is CC(CC(=O)NC(c1ccccc1)c1ccncc1)c1ccccc1. The lowest BCUT2D eigenvalue weighted by atomic mass is 9.96. The fourth-order valence-electron chi connectivity index (χ4n) is 2.96. The molecule has 0 spiro atoms. The molecule has 3 rings (SSSR count). The van der Waals surface area contributed by atoms with E-state index in [0.29, 0.717) is 6.42 Å². The Morgan fingerprint density at radius 1 is 0.840 bits per heavy atom. The highest BCUT2D eigenvalue weighted by molar-refractivity contribution is 5.78. The molecular weight excluding hydrogens is 308 g/mol. The van der Waals surface area contributed by atoms with Crippen molar-refractivity contribution >= 4 is 5.91 Å². The van der Waals surface area contributed by atoms with E-state index < -0.39 is 0 Å². The number of rotatable bonds is 6. The maximum absolute atomic E-state index is 12.7. The van der Waals surface area contributed by atoms with E-state index in [0.717, 1.165) is 11.1 Å². The summed E-state index contributed by atoms with van der Waals surface area (Å²) in [5.41, 5.74) is 3.27. The Bertz CT molecular complexity index is 749. The topological polar surface area (TPSA) is 42.0 Å². The molecule has 126 valence electrons. The number of amides is 1. The second kappa shape index (κ2) is 8.25. The minimum atomic E-state index is -0.167. The van der Waals surface area contributed by atoms with Crippen LogP contribution in [0.25, 0.3) is 0 Å². The molecule has 0 bridgehead atoms. The third kappa shape index (κ3) is 4.54. The number of benzene rings is 2. The average molecular weight is 330 g/mol. The van der Waals surface area contributed by atoms with Crippen LogP contribution in [0.2, 0.25) is 0 Å². The number of carbonyl (C=O) groups is 1. The zero-order valence-corrected chi connectivity index (χ0v) is 14.3. The normalized spacial score (nSPS) is 13.0. The minimum Gasteiger partial charge on any atom is -0.345 e. The number of nitrogens with zero attached hydrogens (tertiary/aromatic N) is 1. The molecule has 1 N–H and O–H groups in total. The lowest BCUT2D eigenvalue weighted by Gasteiger charge is -2.21. The Morgan fingerprint density at radius 2 is 1.36 bits per heavy atom. The van der Waals surface area contributed by atoms with E-state index in [2.05, 4.69) is 29.4 Å². The predicted octanol–water partition coefficient (Wildman–Crippen LogP) is 4.48. The van der Waals surface area contributed by atoms with Crippen molar-refractivity contribution < 1.29 is 4.79 Å². The highest BCUT2D eigenvalue weighted by Crippen LogP contribution is 2.23. The molecule has 2 aromatic carbocycles. The van der Waals surface area contributed by atoms with Gasteiger partial charge in [0.25, 0.3) is 0 Å². The van der Waals surface area contributed by atoms with Gasteiger partial charge >= 0.3 is 0 Å². The van der Waals surface area contributed by atoms with Gasteiger partial charge in [0.05, 0.1) is 6.04 Å². The molecule has 2 atom stereocenters. The highest BCUT2D eigenvalue weighted by Gasteiger charge is 2.18. The second-order valence-corrected chi connectivity index (χ2v) is 6.21. The molecule has 0 radical (unpaired) electrons. The van der Waals surface area contributed by atoms with Crippen molar-refractivity contribution in [1.82, 2.24) is 10.3 Å². The van der Waals surface area contributed by atoms with Gasteiger partial charge in [-0.15, -0.1) is 0 Å². The van der Waals surface area contributed by atoms with Gasteiger partial charge in [0.2, 0.25) is 5.91 Å². The van der Waals surface area contributed by atoms with Gasteiger partial charge in [-0.25, -0.2) is 0 Å². The Labute approximate surface area is 148 Å². The summed E-state index contributed by atoms with van der Waals surface area (Å²) in [6.45, 7) is 2.08. The zero-order valence-electron chi connectivity index (χ0n) is 14.3. The van der Waals surface area contributed by atoms with Crippen molar-refractivity contribution in [1.29, 1.82) is 0 Å². The minimum absolute atomic E-state index is 0.0435. The van der Waals surface area contributed by atoms with Gasteiger partial charge in [0, 0.05) is 18.8 Å². The van der Waals surface area contributed by atoms with Crippen LogP contribution in [0.1, 0.15) is 42.0 Å². The third-order valence-electron chi connectivity index (χ3n) is 4.34. The van der Waals surface area contributed by atoms with Crippen LogP contribution in [-0.2, 0) is 4.79 Å². The molecule has 0 saturated carbocycles. The monoisotopic (exact) mass is 330 g/mol. The van der Waals surface area contributed by atoms with Gasteiger partial charge in [-0.1, -0.05) is 67.6 Å². The lowest BCUT2D eigenvalue weighted by molar-refractivity contribution is -0.121. The fraction of sp³-hybridized carbons (Fsp3) is 0.182. The first-order valence-corrected chi connectivity index (χ1v) is 8.53. The molecule has 1 heterocycles. The number of hydrogen-bond acceptors (Lipinski definition) is 2. The zero-order chi connectivity index (χ0) is 17.5. The highest BCUT2D eigenvalue weighted by atomic mass is 16.1. The number of carbonyl (C=O) groups excluding carboxylic acids is 1. The first-order chi connectivity index (χ1) is 12.2. The van der Waals surface area contributed by atoms with Crippen LogP contribution in [0.4, 0.5) is 0 Å². The molecule has 0 aliphatic rings. The third-order valence-corrected chi connectivity index (χ3v) is 4.34. The molecule has 3 nitrogen and oxygen atoms in total. The van der Waals surface area contributed by atoms with Gasteiger partial charge < -0.3 is 5.32 Å². The van der Waals surface area contributed by atoms with Crippen LogP contribution < -0.4 is 5.32 Å². The van der Waals surface area contributed by atoms with E-state index in [-0.39, 0.29) is 17.9 Å². The summed E-state index contributed by atoms with van der Waals surface area (Å²) < 4.78 is 0. The average Bonchev–Trinajstić information content (AvgIpc) is 2.68. The predicted molar refractivity (Wildman–Crippen MR) is 100 cm³/mol. The van der Waals surface area contributed by atoms with E-state index in [1.54, 1.807) is 12.4 Å². The van der Waals surface area contributed by atoms with E-state index >= 15 is 0 Å². The summed E-state index contributed by atoms with van der Waals surface area (Å²) in [6.07, 6.45) is 3.96. The Morgan fingerprint density at radius 3 is 1.96 bits per heavy atom. The summed E-state index contributed by atoms with van der Waals surface area (Å²) in [5.74, 6) is 0.220. The van der Waals surface area contributed by atoms with Crippen molar-refractivity contribution in [3.8, 4) is 0 Å². The number of hydrogen-bond donors (Lipinski definition) is 1. The van der Waals surface area contributed by atoms with E-state index in [1.165, 1.54) is 5.56 Å². The molecule has 0 fully saturated rings. The molecule has 3 aromatic rings. The molecule has 0 aliphatic heterocycles. The van der Waals surface area contributed by atoms with Crippen molar-refractivity contribution in [2.75, 3.05) is 0 Å². The van der Waals surface area contributed by atoms with Gasteiger partial charge in [-0.3, -0.25) is 9.78 Å². The molecule has 2 unspecified atom stereocenters. The van der Waals surface area contributed by atoms with Gasteiger partial charge in [-0.2, -0.15) is 0 Å². The molecule has 1 aromatic heterocycles. The van der Waals surface area contributed by atoms with Crippen LogP contribution in [-0.4, -0.2) is 10.9 Å². The fourth-order valence-corrected chi connectivity index (χ4v) is 2.96.